The van der Waals surface area contributed by atoms with Crippen molar-refractivity contribution in [1.29, 1.82) is 0 Å². The zero-order valence-electron chi connectivity index (χ0n) is 13.4. The first-order valence-electron chi connectivity index (χ1n) is 7.82. The molecule has 118 valence electrons. The smallest absolute Gasteiger partial charge is 0.203 e. The molecule has 1 saturated carbocycles. The van der Waals surface area contributed by atoms with Gasteiger partial charge in [-0.3, -0.25) is 0 Å². The van der Waals surface area contributed by atoms with Crippen LogP contribution in [0.4, 0.5) is 0 Å². The Balaban J connectivity index is 2.23. The molecule has 0 heterocycles. The van der Waals surface area contributed by atoms with Gasteiger partial charge < -0.3 is 19.9 Å². The molecule has 0 saturated heterocycles. The molecule has 0 radical (unpaired) electrons. The van der Waals surface area contributed by atoms with E-state index in [0.29, 0.717) is 24.3 Å². The van der Waals surface area contributed by atoms with Gasteiger partial charge in [0, 0.05) is 6.04 Å². The van der Waals surface area contributed by atoms with Crippen LogP contribution < -0.4 is 19.9 Å². The summed E-state index contributed by atoms with van der Waals surface area (Å²) in [4.78, 5) is 0. The SMILES string of the molecule is CCOc1c(OC)cc(CC2CCCCC2N)cc1OC. The van der Waals surface area contributed by atoms with Gasteiger partial charge in [-0.1, -0.05) is 12.8 Å². The highest BCUT2D eigenvalue weighted by Gasteiger charge is 2.23. The summed E-state index contributed by atoms with van der Waals surface area (Å²) in [5.74, 6) is 2.69. The van der Waals surface area contributed by atoms with E-state index in [1.807, 2.05) is 6.92 Å². The minimum absolute atomic E-state index is 0.308. The topological polar surface area (TPSA) is 53.7 Å². The third-order valence-electron chi connectivity index (χ3n) is 4.27. The summed E-state index contributed by atoms with van der Waals surface area (Å²) in [5.41, 5.74) is 7.46. The summed E-state index contributed by atoms with van der Waals surface area (Å²) in [5, 5.41) is 0. The quantitative estimate of drug-likeness (QED) is 0.875. The minimum atomic E-state index is 0.308. The number of methoxy groups -OCH3 is 2. The molecule has 1 aromatic carbocycles. The van der Waals surface area contributed by atoms with E-state index >= 15 is 0 Å². The lowest BCUT2D eigenvalue weighted by Crippen LogP contribution is -2.34. The van der Waals surface area contributed by atoms with Gasteiger partial charge in [0.15, 0.2) is 11.5 Å². The Bertz CT molecular complexity index is 436. The van der Waals surface area contributed by atoms with Gasteiger partial charge in [0.05, 0.1) is 20.8 Å². The van der Waals surface area contributed by atoms with Gasteiger partial charge in [-0.25, -0.2) is 0 Å². The Kier molecular flexibility index (Phi) is 5.74. The van der Waals surface area contributed by atoms with Crippen LogP contribution in [0.1, 0.15) is 38.2 Å². The van der Waals surface area contributed by atoms with Gasteiger partial charge in [0.25, 0.3) is 0 Å². The number of benzene rings is 1. The molecule has 4 nitrogen and oxygen atoms in total. The van der Waals surface area contributed by atoms with Crippen LogP contribution in [0, 0.1) is 5.92 Å². The molecule has 1 aliphatic carbocycles. The predicted octanol–water partition coefficient (Wildman–Crippen LogP) is 3.16. The van der Waals surface area contributed by atoms with E-state index in [4.69, 9.17) is 19.9 Å². The first-order valence-corrected chi connectivity index (χ1v) is 7.82. The summed E-state index contributed by atoms with van der Waals surface area (Å²) in [6.07, 6.45) is 5.85. The van der Waals surface area contributed by atoms with Crippen molar-refractivity contribution < 1.29 is 14.2 Å². The molecule has 21 heavy (non-hydrogen) atoms. The molecule has 2 unspecified atom stereocenters. The van der Waals surface area contributed by atoms with Gasteiger partial charge in [-0.2, -0.15) is 0 Å². The van der Waals surface area contributed by atoms with Crippen molar-refractivity contribution in [3.8, 4) is 17.2 Å². The van der Waals surface area contributed by atoms with Gasteiger partial charge in [-0.05, 0) is 49.8 Å². The molecule has 0 aliphatic heterocycles. The third kappa shape index (κ3) is 3.82. The van der Waals surface area contributed by atoms with E-state index < -0.39 is 0 Å². The molecule has 1 aromatic rings. The molecule has 2 rings (SSSR count). The van der Waals surface area contributed by atoms with Crippen LogP contribution in [0.5, 0.6) is 17.2 Å². The molecular weight excluding hydrogens is 266 g/mol. The largest absolute Gasteiger partial charge is 0.493 e. The van der Waals surface area contributed by atoms with Crippen molar-refractivity contribution in [2.45, 2.75) is 45.1 Å². The van der Waals surface area contributed by atoms with E-state index in [-0.39, 0.29) is 0 Å². The van der Waals surface area contributed by atoms with Gasteiger partial charge in [-0.15, -0.1) is 0 Å². The molecule has 0 aromatic heterocycles. The third-order valence-corrected chi connectivity index (χ3v) is 4.27. The summed E-state index contributed by atoms with van der Waals surface area (Å²) in [6.45, 7) is 2.54. The first kappa shape index (κ1) is 16.0. The maximum atomic E-state index is 6.26. The second-order valence-electron chi connectivity index (χ2n) is 5.67. The zero-order valence-corrected chi connectivity index (χ0v) is 13.4. The molecular formula is C17H27NO3. The zero-order chi connectivity index (χ0) is 15.2. The van der Waals surface area contributed by atoms with Crippen LogP contribution in [0.2, 0.25) is 0 Å². The van der Waals surface area contributed by atoms with Crippen molar-refractivity contribution in [2.24, 2.45) is 11.7 Å². The first-order chi connectivity index (χ1) is 10.2. The number of rotatable bonds is 6. The molecule has 0 amide bonds. The molecule has 0 bridgehead atoms. The fraction of sp³-hybridized carbons (Fsp3) is 0.647. The number of nitrogens with two attached hydrogens (primary N) is 1. The second-order valence-corrected chi connectivity index (χ2v) is 5.67. The van der Waals surface area contributed by atoms with Crippen molar-refractivity contribution in [3.63, 3.8) is 0 Å². The standard InChI is InChI=1S/C17H27NO3/c1-4-21-17-15(19-2)10-12(11-16(17)20-3)9-13-7-5-6-8-14(13)18/h10-11,13-14H,4-9,18H2,1-3H3. The van der Waals surface area contributed by atoms with Crippen molar-refractivity contribution in [2.75, 3.05) is 20.8 Å². The maximum absolute atomic E-state index is 6.26. The lowest BCUT2D eigenvalue weighted by molar-refractivity contribution is 0.285. The van der Waals surface area contributed by atoms with E-state index in [1.54, 1.807) is 14.2 Å². The molecule has 1 fully saturated rings. The normalized spacial score (nSPS) is 21.9. The van der Waals surface area contributed by atoms with Gasteiger partial charge in [0.2, 0.25) is 5.75 Å². The highest BCUT2D eigenvalue weighted by Crippen LogP contribution is 2.39. The Labute approximate surface area is 127 Å². The van der Waals surface area contributed by atoms with Crippen molar-refractivity contribution >= 4 is 0 Å². The lowest BCUT2D eigenvalue weighted by Gasteiger charge is -2.29. The number of ether oxygens (including phenoxy) is 3. The van der Waals surface area contributed by atoms with Crippen LogP contribution >= 0.6 is 0 Å². The summed E-state index contributed by atoms with van der Waals surface area (Å²) in [6, 6.07) is 4.41. The van der Waals surface area contributed by atoms with Gasteiger partial charge >= 0.3 is 0 Å². The van der Waals surface area contributed by atoms with Gasteiger partial charge in [0.1, 0.15) is 0 Å². The molecule has 1 aliphatic rings. The highest BCUT2D eigenvalue weighted by molar-refractivity contribution is 5.54. The molecule has 2 atom stereocenters. The number of hydrogen-bond acceptors (Lipinski definition) is 4. The Morgan fingerprint density at radius 3 is 2.24 bits per heavy atom. The van der Waals surface area contributed by atoms with E-state index in [2.05, 4.69) is 12.1 Å². The monoisotopic (exact) mass is 293 g/mol. The van der Waals surface area contributed by atoms with E-state index in [9.17, 15) is 0 Å². The molecule has 4 heteroatoms. The Morgan fingerprint density at radius 2 is 1.71 bits per heavy atom. The molecule has 2 N–H and O–H groups in total. The average molecular weight is 293 g/mol. The fourth-order valence-electron chi connectivity index (χ4n) is 3.13. The van der Waals surface area contributed by atoms with E-state index in [0.717, 1.165) is 24.3 Å². The Hall–Kier alpha value is -1.42. The summed E-state index contributed by atoms with van der Waals surface area (Å²) >= 11 is 0. The molecule has 0 spiro atoms. The van der Waals surface area contributed by atoms with Crippen LogP contribution in [-0.4, -0.2) is 26.9 Å². The number of hydrogen-bond donors (Lipinski definition) is 1. The second kappa shape index (κ2) is 7.55. The van der Waals surface area contributed by atoms with Crippen LogP contribution in [0.15, 0.2) is 12.1 Å². The van der Waals surface area contributed by atoms with Crippen LogP contribution in [-0.2, 0) is 6.42 Å². The van der Waals surface area contributed by atoms with E-state index in [1.165, 1.54) is 24.8 Å². The highest BCUT2D eigenvalue weighted by atomic mass is 16.5. The predicted molar refractivity (Wildman–Crippen MR) is 84.4 cm³/mol. The van der Waals surface area contributed by atoms with Crippen molar-refractivity contribution in [3.05, 3.63) is 17.7 Å². The lowest BCUT2D eigenvalue weighted by atomic mass is 9.81. The minimum Gasteiger partial charge on any atom is -0.493 e. The maximum Gasteiger partial charge on any atom is 0.203 e. The Morgan fingerprint density at radius 1 is 1.10 bits per heavy atom. The average Bonchev–Trinajstić information content (AvgIpc) is 2.50. The van der Waals surface area contributed by atoms with Crippen LogP contribution in [0.25, 0.3) is 0 Å². The van der Waals surface area contributed by atoms with Crippen molar-refractivity contribution in [1.82, 2.24) is 0 Å². The summed E-state index contributed by atoms with van der Waals surface area (Å²) in [7, 11) is 3.32. The fourth-order valence-corrected chi connectivity index (χ4v) is 3.13. The summed E-state index contributed by atoms with van der Waals surface area (Å²) < 4.78 is 16.6. The van der Waals surface area contributed by atoms with Crippen LogP contribution in [0.3, 0.4) is 0 Å².